The van der Waals surface area contributed by atoms with Crippen LogP contribution in [0.1, 0.15) is 18.5 Å². The van der Waals surface area contributed by atoms with Gasteiger partial charge in [0.15, 0.2) is 0 Å². The van der Waals surface area contributed by atoms with Crippen LogP contribution >= 0.6 is 11.6 Å². The molecule has 5 nitrogen and oxygen atoms in total. The number of halogens is 1. The third-order valence-corrected chi connectivity index (χ3v) is 6.57. The fourth-order valence-electron chi connectivity index (χ4n) is 4.60. The smallest absolute Gasteiger partial charge is 0.0858 e. The van der Waals surface area contributed by atoms with E-state index in [9.17, 15) is 0 Å². The maximum Gasteiger partial charge on any atom is 0.0858 e. The number of likely N-dealkylation sites (N-methyl/N-ethyl adjacent to an activating group) is 2. The minimum absolute atomic E-state index is 0.354. The molecule has 0 atom stereocenters. The second kappa shape index (κ2) is 6.54. The van der Waals surface area contributed by atoms with E-state index in [4.69, 9.17) is 16.7 Å². The van der Waals surface area contributed by atoms with Crippen LogP contribution in [0.25, 0.3) is 10.9 Å². The van der Waals surface area contributed by atoms with Gasteiger partial charge in [0.05, 0.1) is 16.2 Å². The van der Waals surface area contributed by atoms with Crippen LogP contribution in [-0.4, -0.2) is 76.8 Å². The Hall–Kier alpha value is -1.14. The van der Waals surface area contributed by atoms with E-state index < -0.39 is 0 Å². The van der Waals surface area contributed by atoms with Crippen molar-refractivity contribution < 1.29 is 0 Å². The van der Waals surface area contributed by atoms with Crippen LogP contribution in [0.15, 0.2) is 18.2 Å². The first-order chi connectivity index (χ1) is 12.0. The summed E-state index contributed by atoms with van der Waals surface area (Å²) in [4.78, 5) is 7.62. The van der Waals surface area contributed by atoms with Crippen LogP contribution in [0.5, 0.6) is 0 Å². The van der Waals surface area contributed by atoms with Crippen molar-refractivity contribution in [2.75, 3.05) is 46.8 Å². The average molecular weight is 362 g/mol. The number of hydrogen-bond donors (Lipinski definition) is 0. The second-order valence-electron chi connectivity index (χ2n) is 7.86. The van der Waals surface area contributed by atoms with Gasteiger partial charge in [-0.3, -0.25) is 14.5 Å². The minimum Gasteiger partial charge on any atom is -0.303 e. The highest BCUT2D eigenvalue weighted by Crippen LogP contribution is 2.33. The second-order valence-corrected chi connectivity index (χ2v) is 8.27. The Balaban J connectivity index is 1.49. The van der Waals surface area contributed by atoms with Gasteiger partial charge in [-0.15, -0.1) is 0 Å². The molecule has 0 N–H and O–H groups in total. The zero-order valence-corrected chi connectivity index (χ0v) is 16.3. The molecule has 0 saturated carbocycles. The lowest BCUT2D eigenvalue weighted by Crippen LogP contribution is -2.63. The Labute approximate surface area is 155 Å². The lowest BCUT2D eigenvalue weighted by atomic mass is 9.84. The van der Waals surface area contributed by atoms with E-state index in [2.05, 4.69) is 34.9 Å². The van der Waals surface area contributed by atoms with Crippen LogP contribution in [0.2, 0.25) is 5.02 Å². The monoisotopic (exact) mass is 361 g/mol. The molecule has 2 aliphatic heterocycles. The molecular weight excluding hydrogens is 334 g/mol. The summed E-state index contributed by atoms with van der Waals surface area (Å²) < 4.78 is 1.95. The van der Waals surface area contributed by atoms with Gasteiger partial charge in [0.1, 0.15) is 0 Å². The average Bonchev–Trinajstić information content (AvgIpc) is 2.91. The number of rotatable bonds is 2. The largest absolute Gasteiger partial charge is 0.303 e. The Bertz CT molecular complexity index is 763. The van der Waals surface area contributed by atoms with Crippen molar-refractivity contribution in [2.45, 2.75) is 24.9 Å². The molecule has 2 aliphatic rings. The van der Waals surface area contributed by atoms with Crippen molar-refractivity contribution in [2.24, 2.45) is 7.05 Å². The van der Waals surface area contributed by atoms with Gasteiger partial charge < -0.3 is 4.90 Å². The van der Waals surface area contributed by atoms with Gasteiger partial charge in [0.25, 0.3) is 0 Å². The summed E-state index contributed by atoms with van der Waals surface area (Å²) in [6.45, 7) is 6.69. The van der Waals surface area contributed by atoms with Crippen LogP contribution in [0.3, 0.4) is 0 Å². The zero-order valence-electron chi connectivity index (χ0n) is 15.5. The third kappa shape index (κ3) is 3.08. The number of aryl methyl sites for hydroxylation is 1. The van der Waals surface area contributed by atoms with E-state index >= 15 is 0 Å². The van der Waals surface area contributed by atoms with Gasteiger partial charge in [0, 0.05) is 57.2 Å². The molecule has 0 bridgehead atoms. The number of benzene rings is 1. The quantitative estimate of drug-likeness (QED) is 0.821. The molecule has 136 valence electrons. The maximum absolute atomic E-state index is 6.46. The molecule has 0 amide bonds. The van der Waals surface area contributed by atoms with Crippen LogP contribution in [0.4, 0.5) is 0 Å². The molecule has 6 heteroatoms. The first kappa shape index (κ1) is 17.3. The Morgan fingerprint density at radius 2 is 1.84 bits per heavy atom. The van der Waals surface area contributed by atoms with Gasteiger partial charge in [-0.1, -0.05) is 17.7 Å². The Kier molecular flexibility index (Phi) is 4.52. The van der Waals surface area contributed by atoms with Crippen molar-refractivity contribution in [1.29, 1.82) is 0 Å². The number of fused-ring (bicyclic) bond motifs is 1. The lowest BCUT2D eigenvalue weighted by molar-refractivity contribution is -0.0206. The fourth-order valence-corrected chi connectivity index (χ4v) is 4.88. The minimum atomic E-state index is 0.354. The summed E-state index contributed by atoms with van der Waals surface area (Å²) in [6, 6.07) is 6.05. The Morgan fingerprint density at radius 3 is 2.60 bits per heavy atom. The van der Waals surface area contributed by atoms with Gasteiger partial charge >= 0.3 is 0 Å². The molecular formula is C19H28ClN5. The van der Waals surface area contributed by atoms with E-state index in [0.717, 1.165) is 41.3 Å². The normalized spacial score (nSPS) is 22.9. The number of hydrogen-bond acceptors (Lipinski definition) is 4. The summed E-state index contributed by atoms with van der Waals surface area (Å²) in [7, 11) is 6.55. The van der Waals surface area contributed by atoms with Crippen LogP contribution < -0.4 is 0 Å². The molecule has 2 aromatic rings. The molecule has 2 saturated heterocycles. The van der Waals surface area contributed by atoms with E-state index in [1.165, 1.54) is 32.5 Å². The summed E-state index contributed by atoms with van der Waals surface area (Å²) in [6.07, 6.45) is 2.46. The van der Waals surface area contributed by atoms with Crippen LogP contribution in [0, 0.1) is 0 Å². The number of nitrogens with zero attached hydrogens (tertiary/aromatic N) is 5. The summed E-state index contributed by atoms with van der Waals surface area (Å²) in [5.74, 6) is 0. The van der Waals surface area contributed by atoms with E-state index in [0.29, 0.717) is 5.54 Å². The standard InChI is InChI=1S/C19H28ClN5/c1-22-11-12-23(2)19(14-22)7-9-25(10-8-19)13-16-18-15(20)5-4-6-17(18)24(3)21-16/h4-6H,7-14H2,1-3H3. The molecule has 1 aromatic carbocycles. The highest BCUT2D eigenvalue weighted by atomic mass is 35.5. The summed E-state index contributed by atoms with van der Waals surface area (Å²) >= 11 is 6.46. The molecule has 3 heterocycles. The van der Waals surface area contributed by atoms with Gasteiger partial charge in [0.2, 0.25) is 0 Å². The summed E-state index contributed by atoms with van der Waals surface area (Å²) in [5, 5.41) is 6.67. The number of likely N-dealkylation sites (tertiary alicyclic amines) is 1. The molecule has 25 heavy (non-hydrogen) atoms. The first-order valence-corrected chi connectivity index (χ1v) is 9.59. The van der Waals surface area contributed by atoms with E-state index in [1.54, 1.807) is 0 Å². The molecule has 0 aliphatic carbocycles. The summed E-state index contributed by atoms with van der Waals surface area (Å²) in [5.41, 5.74) is 2.57. The fraction of sp³-hybridized carbons (Fsp3) is 0.632. The van der Waals surface area contributed by atoms with Crippen molar-refractivity contribution in [3.05, 3.63) is 28.9 Å². The molecule has 4 rings (SSSR count). The van der Waals surface area contributed by atoms with Gasteiger partial charge in [-0.25, -0.2) is 0 Å². The van der Waals surface area contributed by atoms with Gasteiger partial charge in [-0.05, 0) is 39.1 Å². The predicted octanol–water partition coefficient (Wildman–Crippen LogP) is 2.44. The molecule has 2 fully saturated rings. The van der Waals surface area contributed by atoms with Crippen molar-refractivity contribution in [1.82, 2.24) is 24.5 Å². The first-order valence-electron chi connectivity index (χ1n) is 9.21. The van der Waals surface area contributed by atoms with Crippen molar-refractivity contribution in [3.8, 4) is 0 Å². The number of piperazine rings is 1. The highest BCUT2D eigenvalue weighted by molar-refractivity contribution is 6.35. The maximum atomic E-state index is 6.46. The molecule has 0 unspecified atom stereocenters. The highest BCUT2D eigenvalue weighted by Gasteiger charge is 2.41. The number of piperidine rings is 1. The SMILES string of the molecule is CN1CCN(C)C2(CCN(Cc3nn(C)c4cccc(Cl)c34)CC2)C1. The lowest BCUT2D eigenvalue weighted by Gasteiger charge is -2.52. The molecule has 0 radical (unpaired) electrons. The Morgan fingerprint density at radius 1 is 1.08 bits per heavy atom. The third-order valence-electron chi connectivity index (χ3n) is 6.25. The molecule has 1 spiro atoms. The van der Waals surface area contributed by atoms with Crippen molar-refractivity contribution in [3.63, 3.8) is 0 Å². The van der Waals surface area contributed by atoms with Crippen LogP contribution in [-0.2, 0) is 13.6 Å². The van der Waals surface area contributed by atoms with Crippen molar-refractivity contribution >= 4 is 22.5 Å². The molecule has 1 aromatic heterocycles. The number of aromatic nitrogens is 2. The van der Waals surface area contributed by atoms with E-state index in [1.807, 2.05) is 23.9 Å². The van der Waals surface area contributed by atoms with Gasteiger partial charge in [-0.2, -0.15) is 5.10 Å². The topological polar surface area (TPSA) is 27.5 Å². The van der Waals surface area contributed by atoms with E-state index in [-0.39, 0.29) is 0 Å². The zero-order chi connectivity index (χ0) is 17.6. The predicted molar refractivity (Wildman–Crippen MR) is 103 cm³/mol.